The maximum Gasteiger partial charge on any atom is 0.344 e. The van der Waals surface area contributed by atoms with Crippen molar-refractivity contribution in [3.05, 3.63) is 64.7 Å². The van der Waals surface area contributed by atoms with Gasteiger partial charge in [-0.15, -0.1) is 0 Å². The maximum absolute atomic E-state index is 11.9. The molecule has 0 saturated carbocycles. The number of carbonyl (C=O) groups is 2. The third-order valence-electron chi connectivity index (χ3n) is 3.97. The van der Waals surface area contributed by atoms with E-state index in [2.05, 4.69) is 17.4 Å². The quantitative estimate of drug-likeness (QED) is 0.664. The van der Waals surface area contributed by atoms with Crippen LogP contribution in [-0.4, -0.2) is 31.1 Å². The molecule has 2 rings (SSSR count). The molecule has 0 bridgehead atoms. The highest BCUT2D eigenvalue weighted by atomic mass is 35.5. The molecule has 1 N–H and O–H groups in total. The minimum atomic E-state index is -0.602. The molecule has 1 atom stereocenters. The molecule has 0 heterocycles. The Morgan fingerprint density at radius 2 is 1.85 bits per heavy atom. The molecule has 0 unspecified atom stereocenters. The smallest absolute Gasteiger partial charge is 0.344 e. The number of esters is 1. The molecule has 2 aromatic carbocycles. The van der Waals surface area contributed by atoms with Crippen LogP contribution < -0.4 is 10.1 Å². The van der Waals surface area contributed by atoms with Gasteiger partial charge in [0, 0.05) is 11.1 Å². The summed E-state index contributed by atoms with van der Waals surface area (Å²) in [7, 11) is 0. The van der Waals surface area contributed by atoms with E-state index in [-0.39, 0.29) is 25.2 Å². The second-order valence-electron chi connectivity index (χ2n) is 6.35. The molecule has 6 heteroatoms. The lowest BCUT2D eigenvalue weighted by molar-refractivity contribution is -0.150. The fourth-order valence-electron chi connectivity index (χ4n) is 2.45. The predicted octanol–water partition coefficient (Wildman–Crippen LogP) is 3.71. The molecule has 0 radical (unpaired) electrons. The van der Waals surface area contributed by atoms with E-state index in [0.29, 0.717) is 10.8 Å². The van der Waals surface area contributed by atoms with Crippen LogP contribution in [0, 0.1) is 6.92 Å². The number of aryl methyl sites for hydroxylation is 2. The zero-order chi connectivity index (χ0) is 19.6. The average molecular weight is 390 g/mol. The van der Waals surface area contributed by atoms with E-state index in [0.717, 1.165) is 18.4 Å². The van der Waals surface area contributed by atoms with Gasteiger partial charge in [0.05, 0.1) is 0 Å². The van der Waals surface area contributed by atoms with E-state index in [1.807, 2.05) is 32.0 Å². The highest BCUT2D eigenvalue weighted by molar-refractivity contribution is 6.31. The van der Waals surface area contributed by atoms with Gasteiger partial charge < -0.3 is 14.8 Å². The molecular weight excluding hydrogens is 366 g/mol. The first-order valence-corrected chi connectivity index (χ1v) is 9.19. The summed E-state index contributed by atoms with van der Waals surface area (Å²) in [5.41, 5.74) is 2.08. The third-order valence-corrected chi connectivity index (χ3v) is 4.39. The monoisotopic (exact) mass is 389 g/mol. The number of benzene rings is 2. The molecule has 0 aliphatic rings. The van der Waals surface area contributed by atoms with Crippen molar-refractivity contribution in [3.8, 4) is 5.75 Å². The zero-order valence-electron chi connectivity index (χ0n) is 15.5. The predicted molar refractivity (Wildman–Crippen MR) is 105 cm³/mol. The summed E-state index contributed by atoms with van der Waals surface area (Å²) < 4.78 is 10.3. The molecule has 0 aliphatic carbocycles. The van der Waals surface area contributed by atoms with Crippen molar-refractivity contribution in [1.82, 2.24) is 5.32 Å². The van der Waals surface area contributed by atoms with Gasteiger partial charge in [-0.2, -0.15) is 0 Å². The van der Waals surface area contributed by atoms with Gasteiger partial charge in [0.25, 0.3) is 5.91 Å². The first-order chi connectivity index (χ1) is 12.9. The number of ether oxygens (including phenoxy) is 2. The standard InChI is InChI=1S/C21H24ClNO4/c1-15-12-18(10-11-19(15)22)26-14-21(25)27-13-20(24)23-16(2)8-9-17-6-4-3-5-7-17/h3-7,10-12,16H,8-9,13-14H2,1-2H3,(H,23,24)/t16-/m1/s1. The van der Waals surface area contributed by atoms with Gasteiger partial charge in [0.15, 0.2) is 13.2 Å². The van der Waals surface area contributed by atoms with Crippen molar-refractivity contribution in [1.29, 1.82) is 0 Å². The van der Waals surface area contributed by atoms with Gasteiger partial charge in [0.2, 0.25) is 0 Å². The minimum absolute atomic E-state index is 0.00954. The summed E-state index contributed by atoms with van der Waals surface area (Å²) >= 11 is 5.93. The number of amides is 1. The second-order valence-corrected chi connectivity index (χ2v) is 6.76. The van der Waals surface area contributed by atoms with Gasteiger partial charge in [-0.3, -0.25) is 4.79 Å². The van der Waals surface area contributed by atoms with Crippen molar-refractivity contribution in [2.75, 3.05) is 13.2 Å². The Hall–Kier alpha value is -2.53. The van der Waals surface area contributed by atoms with Crippen molar-refractivity contribution in [2.24, 2.45) is 0 Å². The van der Waals surface area contributed by atoms with E-state index >= 15 is 0 Å². The van der Waals surface area contributed by atoms with Gasteiger partial charge in [0.1, 0.15) is 5.75 Å². The molecule has 27 heavy (non-hydrogen) atoms. The van der Waals surface area contributed by atoms with Crippen LogP contribution in [0.15, 0.2) is 48.5 Å². The topological polar surface area (TPSA) is 64.6 Å². The summed E-state index contributed by atoms with van der Waals surface area (Å²) in [5.74, 6) is -0.409. The molecule has 144 valence electrons. The number of nitrogens with one attached hydrogen (secondary N) is 1. The van der Waals surface area contributed by atoms with Crippen LogP contribution in [-0.2, 0) is 20.7 Å². The fraction of sp³-hybridized carbons (Fsp3) is 0.333. The summed E-state index contributed by atoms with van der Waals surface area (Å²) in [6, 6.07) is 15.2. The number of rotatable bonds is 9. The Morgan fingerprint density at radius 1 is 1.11 bits per heavy atom. The summed E-state index contributed by atoms with van der Waals surface area (Å²) in [6.45, 7) is 3.18. The summed E-state index contributed by atoms with van der Waals surface area (Å²) in [4.78, 5) is 23.6. The van der Waals surface area contributed by atoms with Crippen molar-refractivity contribution < 1.29 is 19.1 Å². The molecule has 1 amide bonds. The SMILES string of the molecule is Cc1cc(OCC(=O)OCC(=O)N[C@H](C)CCc2ccccc2)ccc1Cl. The van der Waals surface area contributed by atoms with Crippen molar-refractivity contribution >= 4 is 23.5 Å². The van der Waals surface area contributed by atoms with Crippen molar-refractivity contribution in [3.63, 3.8) is 0 Å². The van der Waals surface area contributed by atoms with E-state index in [1.165, 1.54) is 5.56 Å². The largest absolute Gasteiger partial charge is 0.482 e. The number of hydrogen-bond acceptors (Lipinski definition) is 4. The molecule has 0 spiro atoms. The molecule has 5 nitrogen and oxygen atoms in total. The summed E-state index contributed by atoms with van der Waals surface area (Å²) in [6.07, 6.45) is 1.68. The van der Waals surface area contributed by atoms with Gasteiger partial charge >= 0.3 is 5.97 Å². The van der Waals surface area contributed by atoms with Gasteiger partial charge in [-0.1, -0.05) is 41.9 Å². The van der Waals surface area contributed by atoms with Crippen LogP contribution in [0.5, 0.6) is 5.75 Å². The van der Waals surface area contributed by atoms with E-state index < -0.39 is 5.97 Å². The van der Waals surface area contributed by atoms with Gasteiger partial charge in [-0.25, -0.2) is 4.79 Å². The normalized spacial score (nSPS) is 11.5. The zero-order valence-corrected chi connectivity index (χ0v) is 16.3. The Morgan fingerprint density at radius 3 is 2.56 bits per heavy atom. The summed E-state index contributed by atoms with van der Waals surface area (Å²) in [5, 5.41) is 3.45. The molecule has 0 aliphatic heterocycles. The lowest BCUT2D eigenvalue weighted by Gasteiger charge is -2.14. The molecule has 0 fully saturated rings. The Kier molecular flexibility index (Phi) is 8.14. The molecule has 0 saturated heterocycles. The molecule has 0 aromatic heterocycles. The van der Waals surface area contributed by atoms with Crippen LogP contribution in [0.1, 0.15) is 24.5 Å². The first kappa shape index (κ1) is 20.8. The molecule has 2 aromatic rings. The minimum Gasteiger partial charge on any atom is -0.482 e. The maximum atomic E-state index is 11.9. The Labute approximate surface area is 164 Å². The van der Waals surface area contributed by atoms with Crippen LogP contribution in [0.3, 0.4) is 0 Å². The first-order valence-electron chi connectivity index (χ1n) is 8.82. The van der Waals surface area contributed by atoms with Crippen molar-refractivity contribution in [2.45, 2.75) is 32.7 Å². The molecular formula is C21H24ClNO4. The van der Waals surface area contributed by atoms with Crippen LogP contribution in [0.2, 0.25) is 5.02 Å². The number of halogens is 1. The highest BCUT2D eigenvalue weighted by Gasteiger charge is 2.11. The van der Waals surface area contributed by atoms with E-state index in [9.17, 15) is 9.59 Å². The second kappa shape index (κ2) is 10.6. The lowest BCUT2D eigenvalue weighted by Crippen LogP contribution is -2.36. The Balaban J connectivity index is 1.63. The lowest BCUT2D eigenvalue weighted by atomic mass is 10.1. The van der Waals surface area contributed by atoms with Crippen LogP contribution >= 0.6 is 11.6 Å². The third kappa shape index (κ3) is 7.71. The highest BCUT2D eigenvalue weighted by Crippen LogP contribution is 2.20. The van der Waals surface area contributed by atoms with E-state index in [4.69, 9.17) is 21.1 Å². The Bertz CT molecular complexity index is 764. The fourth-order valence-corrected chi connectivity index (χ4v) is 2.57. The average Bonchev–Trinajstić information content (AvgIpc) is 2.66. The number of carbonyl (C=O) groups excluding carboxylic acids is 2. The van der Waals surface area contributed by atoms with Crippen LogP contribution in [0.4, 0.5) is 0 Å². The van der Waals surface area contributed by atoms with E-state index in [1.54, 1.807) is 18.2 Å². The number of hydrogen-bond donors (Lipinski definition) is 1. The van der Waals surface area contributed by atoms with Gasteiger partial charge in [-0.05, 0) is 56.0 Å². The van der Waals surface area contributed by atoms with Crippen LogP contribution in [0.25, 0.3) is 0 Å².